The molecule has 0 amide bonds. The summed E-state index contributed by atoms with van der Waals surface area (Å²) in [6, 6.07) is 0. The minimum atomic E-state index is -1.22. The van der Waals surface area contributed by atoms with E-state index in [1.165, 1.54) is 21.0 Å². The number of rotatable bonds is 7. The summed E-state index contributed by atoms with van der Waals surface area (Å²) in [4.78, 5) is 23.0. The van der Waals surface area contributed by atoms with Crippen LogP contribution in [0.2, 0.25) is 0 Å². The van der Waals surface area contributed by atoms with E-state index in [0.717, 1.165) is 12.8 Å². The van der Waals surface area contributed by atoms with E-state index in [1.54, 1.807) is 0 Å². The molecule has 16 heavy (non-hydrogen) atoms. The highest BCUT2D eigenvalue weighted by molar-refractivity contribution is 6.02. The SMILES string of the molecule is CCCCC(O)CC(C)(C(C)=O)C(=O)OC. The summed E-state index contributed by atoms with van der Waals surface area (Å²) in [5.74, 6) is -0.842. The first kappa shape index (κ1) is 15.1. The quantitative estimate of drug-likeness (QED) is 0.534. The average Bonchev–Trinajstić information content (AvgIpc) is 2.24. The molecular weight excluding hydrogens is 208 g/mol. The predicted molar refractivity (Wildman–Crippen MR) is 61.0 cm³/mol. The highest BCUT2D eigenvalue weighted by Crippen LogP contribution is 2.27. The van der Waals surface area contributed by atoms with Gasteiger partial charge in [-0.25, -0.2) is 0 Å². The first-order valence-electron chi connectivity index (χ1n) is 5.66. The van der Waals surface area contributed by atoms with Crippen molar-refractivity contribution in [1.29, 1.82) is 0 Å². The third-order valence-corrected chi connectivity index (χ3v) is 2.95. The number of hydrogen-bond donors (Lipinski definition) is 1. The van der Waals surface area contributed by atoms with Crippen LogP contribution in [-0.4, -0.2) is 30.1 Å². The van der Waals surface area contributed by atoms with Gasteiger partial charge in [-0.05, 0) is 26.7 Å². The van der Waals surface area contributed by atoms with E-state index in [-0.39, 0.29) is 12.2 Å². The van der Waals surface area contributed by atoms with E-state index in [0.29, 0.717) is 6.42 Å². The van der Waals surface area contributed by atoms with Crippen molar-refractivity contribution < 1.29 is 19.4 Å². The molecule has 0 radical (unpaired) electrons. The Hall–Kier alpha value is -0.900. The first-order chi connectivity index (χ1) is 7.38. The minimum absolute atomic E-state index is 0.134. The van der Waals surface area contributed by atoms with Crippen LogP contribution < -0.4 is 0 Å². The Morgan fingerprint density at radius 1 is 1.44 bits per heavy atom. The highest BCUT2D eigenvalue weighted by atomic mass is 16.5. The zero-order valence-corrected chi connectivity index (χ0v) is 10.6. The lowest BCUT2D eigenvalue weighted by atomic mass is 9.80. The average molecular weight is 230 g/mol. The molecule has 94 valence electrons. The largest absolute Gasteiger partial charge is 0.468 e. The maximum absolute atomic E-state index is 11.5. The monoisotopic (exact) mass is 230 g/mol. The van der Waals surface area contributed by atoms with Crippen LogP contribution in [0.5, 0.6) is 0 Å². The predicted octanol–water partition coefficient (Wildman–Crippen LogP) is 1.70. The number of aliphatic hydroxyl groups is 1. The standard InChI is InChI=1S/C12H22O4/c1-5-6-7-10(14)8-12(3,9(2)13)11(15)16-4/h10,14H,5-8H2,1-4H3. The molecular formula is C12H22O4. The minimum Gasteiger partial charge on any atom is -0.468 e. The Balaban J connectivity index is 4.56. The fraction of sp³-hybridized carbons (Fsp3) is 0.833. The van der Waals surface area contributed by atoms with Crippen molar-refractivity contribution in [3.05, 3.63) is 0 Å². The fourth-order valence-corrected chi connectivity index (χ4v) is 1.61. The molecule has 0 aromatic rings. The van der Waals surface area contributed by atoms with Crippen molar-refractivity contribution in [2.75, 3.05) is 7.11 Å². The Labute approximate surface area is 97.0 Å². The maximum atomic E-state index is 11.5. The number of ether oxygens (including phenoxy) is 1. The summed E-state index contributed by atoms with van der Waals surface area (Å²) in [5.41, 5.74) is -1.22. The van der Waals surface area contributed by atoms with Gasteiger partial charge in [-0.15, -0.1) is 0 Å². The number of methoxy groups -OCH3 is 1. The summed E-state index contributed by atoms with van der Waals surface area (Å²) >= 11 is 0. The molecule has 0 rings (SSSR count). The Morgan fingerprint density at radius 2 is 2.00 bits per heavy atom. The zero-order valence-electron chi connectivity index (χ0n) is 10.6. The first-order valence-corrected chi connectivity index (χ1v) is 5.66. The molecule has 2 atom stereocenters. The van der Waals surface area contributed by atoms with Crippen molar-refractivity contribution in [2.45, 2.75) is 52.6 Å². The molecule has 0 aliphatic heterocycles. The van der Waals surface area contributed by atoms with Gasteiger partial charge in [0, 0.05) is 0 Å². The lowest BCUT2D eigenvalue weighted by Gasteiger charge is -2.26. The fourth-order valence-electron chi connectivity index (χ4n) is 1.61. The number of hydrogen-bond acceptors (Lipinski definition) is 4. The number of aliphatic hydroxyl groups excluding tert-OH is 1. The summed E-state index contributed by atoms with van der Waals surface area (Å²) in [7, 11) is 1.25. The number of unbranched alkanes of at least 4 members (excludes halogenated alkanes) is 1. The van der Waals surface area contributed by atoms with Crippen LogP contribution in [0.25, 0.3) is 0 Å². The van der Waals surface area contributed by atoms with Gasteiger partial charge in [0.2, 0.25) is 0 Å². The van der Waals surface area contributed by atoms with Crippen molar-refractivity contribution in [3.8, 4) is 0 Å². The van der Waals surface area contributed by atoms with Gasteiger partial charge in [0.05, 0.1) is 13.2 Å². The second-order valence-corrected chi connectivity index (χ2v) is 4.38. The third kappa shape index (κ3) is 3.93. The van der Waals surface area contributed by atoms with E-state index < -0.39 is 17.5 Å². The van der Waals surface area contributed by atoms with Gasteiger partial charge in [-0.3, -0.25) is 9.59 Å². The molecule has 4 heteroatoms. The summed E-state index contributed by atoms with van der Waals surface area (Å²) in [5, 5.41) is 9.75. The number of Topliss-reactive ketones (excluding diaryl/α,β-unsaturated/α-hetero) is 1. The molecule has 0 bridgehead atoms. The van der Waals surface area contributed by atoms with Crippen molar-refractivity contribution in [3.63, 3.8) is 0 Å². The van der Waals surface area contributed by atoms with Crippen molar-refractivity contribution >= 4 is 11.8 Å². The van der Waals surface area contributed by atoms with E-state index in [1.807, 2.05) is 6.92 Å². The van der Waals surface area contributed by atoms with Gasteiger partial charge >= 0.3 is 5.97 Å². The van der Waals surface area contributed by atoms with Gasteiger partial charge in [0.25, 0.3) is 0 Å². The Morgan fingerprint density at radius 3 is 2.38 bits per heavy atom. The van der Waals surface area contributed by atoms with Crippen molar-refractivity contribution in [2.24, 2.45) is 5.41 Å². The normalized spacial score (nSPS) is 16.3. The van der Waals surface area contributed by atoms with Crippen LogP contribution in [0.1, 0.15) is 46.5 Å². The van der Waals surface area contributed by atoms with Gasteiger partial charge in [0.15, 0.2) is 0 Å². The number of ketones is 1. The van der Waals surface area contributed by atoms with E-state index in [9.17, 15) is 14.7 Å². The molecule has 0 aliphatic carbocycles. The molecule has 0 heterocycles. The Kier molecular flexibility index (Phi) is 6.26. The maximum Gasteiger partial charge on any atom is 0.319 e. The summed E-state index contributed by atoms with van der Waals surface area (Å²) < 4.78 is 4.61. The Bertz CT molecular complexity index is 249. The second kappa shape index (κ2) is 6.63. The number of carbonyl (C=O) groups is 2. The molecule has 0 aromatic carbocycles. The number of carbonyl (C=O) groups excluding carboxylic acids is 2. The molecule has 0 aliphatic rings. The lowest BCUT2D eigenvalue weighted by Crippen LogP contribution is -2.39. The third-order valence-electron chi connectivity index (χ3n) is 2.95. The van der Waals surface area contributed by atoms with E-state index in [2.05, 4.69) is 4.74 Å². The van der Waals surface area contributed by atoms with Gasteiger partial charge in [-0.1, -0.05) is 19.8 Å². The number of esters is 1. The smallest absolute Gasteiger partial charge is 0.319 e. The molecule has 1 N–H and O–H groups in total. The van der Waals surface area contributed by atoms with Crippen LogP contribution in [0.4, 0.5) is 0 Å². The zero-order chi connectivity index (χ0) is 12.8. The van der Waals surface area contributed by atoms with Gasteiger partial charge < -0.3 is 9.84 Å². The van der Waals surface area contributed by atoms with Crippen molar-refractivity contribution in [1.82, 2.24) is 0 Å². The molecule has 0 saturated heterocycles. The van der Waals surface area contributed by atoms with Gasteiger partial charge in [0.1, 0.15) is 11.2 Å². The van der Waals surface area contributed by atoms with Crippen LogP contribution >= 0.6 is 0 Å². The molecule has 2 unspecified atom stereocenters. The second-order valence-electron chi connectivity index (χ2n) is 4.38. The summed E-state index contributed by atoms with van der Waals surface area (Å²) in [6.45, 7) is 4.90. The molecule has 0 spiro atoms. The molecule has 0 fully saturated rings. The van der Waals surface area contributed by atoms with E-state index in [4.69, 9.17) is 0 Å². The van der Waals surface area contributed by atoms with Gasteiger partial charge in [-0.2, -0.15) is 0 Å². The summed E-state index contributed by atoms with van der Waals surface area (Å²) in [6.07, 6.45) is 1.97. The lowest BCUT2D eigenvalue weighted by molar-refractivity contribution is -0.158. The van der Waals surface area contributed by atoms with Crippen LogP contribution in [0.3, 0.4) is 0 Å². The molecule has 0 saturated carbocycles. The van der Waals surface area contributed by atoms with Crippen LogP contribution in [-0.2, 0) is 14.3 Å². The molecule has 4 nitrogen and oxygen atoms in total. The highest BCUT2D eigenvalue weighted by Gasteiger charge is 2.40. The molecule has 0 aromatic heterocycles. The van der Waals surface area contributed by atoms with Crippen LogP contribution in [0, 0.1) is 5.41 Å². The van der Waals surface area contributed by atoms with Crippen LogP contribution in [0.15, 0.2) is 0 Å². The topological polar surface area (TPSA) is 63.6 Å². The van der Waals surface area contributed by atoms with E-state index >= 15 is 0 Å².